The first-order valence-corrected chi connectivity index (χ1v) is 17.8. The molecule has 1 N–H and O–H groups in total. The van der Waals surface area contributed by atoms with Crippen LogP contribution in [0.1, 0.15) is 52.4 Å². The molecule has 2 atom stereocenters. The summed E-state index contributed by atoms with van der Waals surface area (Å²) < 4.78 is 12.7. The maximum atomic E-state index is 12.9. The Morgan fingerprint density at radius 3 is 1.78 bits per heavy atom. The van der Waals surface area contributed by atoms with E-state index < -0.39 is 0 Å². The van der Waals surface area contributed by atoms with Gasteiger partial charge in [-0.3, -0.25) is 14.2 Å². The molecule has 4 aromatic heterocycles. The van der Waals surface area contributed by atoms with E-state index in [0.717, 1.165) is 88.0 Å². The van der Waals surface area contributed by atoms with Gasteiger partial charge in [0.25, 0.3) is 0 Å². The van der Waals surface area contributed by atoms with Crippen molar-refractivity contribution in [3.8, 4) is 5.95 Å². The minimum absolute atomic E-state index is 0.0856. The third-order valence-corrected chi connectivity index (χ3v) is 9.84. The van der Waals surface area contributed by atoms with Gasteiger partial charge in [0.2, 0.25) is 23.0 Å². The summed E-state index contributed by atoms with van der Waals surface area (Å²) in [5.74, 6) is 2.32. The monoisotopic (exact) mass is 720 g/mol. The largest absolute Gasteiger partial charge is 0.381 e. The molecule has 2 saturated heterocycles. The molecule has 8 rings (SSSR count). The van der Waals surface area contributed by atoms with Crippen molar-refractivity contribution in [3.05, 3.63) is 55.1 Å². The number of amides is 2. The third kappa shape index (κ3) is 7.67. The van der Waals surface area contributed by atoms with Gasteiger partial charge in [0, 0.05) is 77.4 Å². The number of carbonyl (C=O) groups excluding carboxylic acids is 2. The Hall–Kier alpha value is -4.67. The number of halogens is 1. The highest BCUT2D eigenvalue weighted by Gasteiger charge is 2.42. The number of hydrogen-bond donors (Lipinski definition) is 1. The van der Waals surface area contributed by atoms with Gasteiger partial charge in [-0.15, -0.1) is 0 Å². The second-order valence-corrected chi connectivity index (χ2v) is 12.9. The van der Waals surface area contributed by atoms with Crippen molar-refractivity contribution < 1.29 is 19.1 Å². The Balaban J connectivity index is 0.000000156. The first kappa shape index (κ1) is 36.1. The van der Waals surface area contributed by atoms with Crippen molar-refractivity contribution in [3.63, 3.8) is 0 Å². The predicted molar refractivity (Wildman–Crippen MR) is 192 cm³/mol. The number of nitrogens with one attached hydrogen (secondary N) is 1. The first-order chi connectivity index (χ1) is 24.8. The van der Waals surface area contributed by atoms with Crippen LogP contribution in [0.3, 0.4) is 0 Å². The molecular formula is C34H45ClN12O4. The zero-order valence-electron chi connectivity index (χ0n) is 29.4. The number of hydrogen-bond acceptors (Lipinski definition) is 12. The van der Waals surface area contributed by atoms with Crippen LogP contribution in [0.25, 0.3) is 5.95 Å². The normalized spacial score (nSPS) is 21.0. The first-order valence-electron chi connectivity index (χ1n) is 17.4. The molecule has 0 bridgehead atoms. The fourth-order valence-corrected chi connectivity index (χ4v) is 7.14. The molecule has 0 radical (unpaired) electrons. The standard InChI is InChI=1S/C17H22N6O2.C14H19ClN4O2.C3H4N2/c1-3-13-16(24)21(2)14-10-19-17(22-7-6-18-11-22)20-15(14)23(13)12-4-8-25-9-5-12;1-3-10-13(20)18(2)11-8-16-14(15)17-12(11)19(10)9-4-6-21-7-5-9;1-2-5-3-4-1/h6-7,10-13H,3-5,8-9H2,1-2H3;8-10H,3-7H2,1-2H3;1-3H,(H,4,5)/t13-;10-;/m11./s1. The van der Waals surface area contributed by atoms with Crippen LogP contribution in [0.2, 0.25) is 5.28 Å². The number of aromatic nitrogens is 8. The molecule has 4 aliphatic rings. The highest BCUT2D eigenvalue weighted by Crippen LogP contribution is 2.39. The summed E-state index contributed by atoms with van der Waals surface area (Å²) in [4.78, 5) is 61.2. The van der Waals surface area contributed by atoms with Crippen LogP contribution < -0.4 is 19.6 Å². The number of anilines is 4. The van der Waals surface area contributed by atoms with Crippen molar-refractivity contribution in [1.29, 1.82) is 0 Å². The van der Waals surface area contributed by atoms with Crippen LogP contribution in [0.4, 0.5) is 23.0 Å². The molecule has 16 nitrogen and oxygen atoms in total. The topological polar surface area (TPSA) is 164 Å². The van der Waals surface area contributed by atoms with Gasteiger partial charge in [0.1, 0.15) is 29.8 Å². The number of likely N-dealkylation sites (N-methyl/N-ethyl adjacent to an activating group) is 2. The van der Waals surface area contributed by atoms with E-state index in [-0.39, 0.29) is 41.3 Å². The van der Waals surface area contributed by atoms with Gasteiger partial charge in [0.05, 0.1) is 18.7 Å². The maximum absolute atomic E-state index is 12.9. The number of ether oxygens (including phenoxy) is 2. The van der Waals surface area contributed by atoms with Gasteiger partial charge in [-0.05, 0) is 50.1 Å². The van der Waals surface area contributed by atoms with E-state index in [4.69, 9.17) is 26.1 Å². The molecule has 51 heavy (non-hydrogen) atoms. The predicted octanol–water partition coefficient (Wildman–Crippen LogP) is 3.68. The third-order valence-electron chi connectivity index (χ3n) is 9.66. The Morgan fingerprint density at radius 1 is 0.784 bits per heavy atom. The minimum Gasteiger partial charge on any atom is -0.381 e. The number of imidazole rings is 2. The number of nitrogens with zero attached hydrogens (tertiary/aromatic N) is 11. The van der Waals surface area contributed by atoms with Crippen LogP contribution in [-0.4, -0.2) is 116 Å². The molecule has 0 unspecified atom stereocenters. The van der Waals surface area contributed by atoms with Crippen LogP contribution in [0.15, 0.2) is 49.8 Å². The number of carbonyl (C=O) groups is 2. The van der Waals surface area contributed by atoms with E-state index in [9.17, 15) is 9.59 Å². The Bertz CT molecular complexity index is 1710. The number of aromatic amines is 1. The summed E-state index contributed by atoms with van der Waals surface area (Å²) in [6, 6.07) is 0.106. The average molecular weight is 721 g/mol. The Kier molecular flexibility index (Phi) is 11.7. The molecule has 4 aliphatic heterocycles. The lowest BCUT2D eigenvalue weighted by molar-refractivity contribution is -0.121. The Morgan fingerprint density at radius 2 is 1.33 bits per heavy atom. The van der Waals surface area contributed by atoms with E-state index in [1.807, 2.05) is 20.0 Å². The summed E-state index contributed by atoms with van der Waals surface area (Å²) in [6.07, 6.45) is 18.7. The molecule has 0 saturated carbocycles. The second kappa shape index (κ2) is 16.6. The van der Waals surface area contributed by atoms with E-state index in [1.54, 1.807) is 72.1 Å². The van der Waals surface area contributed by atoms with Crippen LogP contribution in [0, 0.1) is 0 Å². The van der Waals surface area contributed by atoms with Crippen LogP contribution >= 0.6 is 11.6 Å². The summed E-state index contributed by atoms with van der Waals surface area (Å²) in [5.41, 5.74) is 1.48. The zero-order valence-corrected chi connectivity index (χ0v) is 30.2. The maximum Gasteiger partial charge on any atom is 0.249 e. The van der Waals surface area contributed by atoms with E-state index in [0.29, 0.717) is 5.95 Å². The van der Waals surface area contributed by atoms with Crippen molar-refractivity contribution in [1.82, 2.24) is 39.5 Å². The molecule has 0 spiro atoms. The fraction of sp³-hybridized carbons (Fsp3) is 0.529. The summed E-state index contributed by atoms with van der Waals surface area (Å²) in [7, 11) is 3.56. The molecule has 2 fully saturated rings. The van der Waals surface area contributed by atoms with Gasteiger partial charge in [-0.25, -0.2) is 19.9 Å². The van der Waals surface area contributed by atoms with Crippen LogP contribution in [0.5, 0.6) is 0 Å². The highest BCUT2D eigenvalue weighted by molar-refractivity contribution is 6.28. The Labute approximate surface area is 302 Å². The minimum atomic E-state index is -0.203. The molecule has 4 aromatic rings. The molecule has 0 aromatic carbocycles. The highest BCUT2D eigenvalue weighted by atomic mass is 35.5. The number of H-pyrrole nitrogens is 1. The molecule has 2 amide bonds. The smallest absolute Gasteiger partial charge is 0.249 e. The SMILES string of the molecule is CC[C@@H]1C(=O)N(C)c2cnc(-n3ccnc3)nc2N1C1CCOCC1.CC[C@@H]1C(=O)N(C)c2cnc(Cl)nc2N1C1CCOCC1.c1c[nH]cn1. The summed E-state index contributed by atoms with van der Waals surface area (Å²) >= 11 is 5.98. The quantitative estimate of drug-likeness (QED) is 0.298. The lowest BCUT2D eigenvalue weighted by Gasteiger charge is -2.45. The number of fused-ring (bicyclic) bond motifs is 2. The summed E-state index contributed by atoms with van der Waals surface area (Å²) in [6.45, 7) is 6.95. The second-order valence-electron chi connectivity index (χ2n) is 12.6. The average Bonchev–Trinajstić information content (AvgIpc) is 3.94. The van der Waals surface area contributed by atoms with E-state index in [1.165, 1.54) is 0 Å². The van der Waals surface area contributed by atoms with Crippen LogP contribution in [-0.2, 0) is 19.1 Å². The number of rotatable bonds is 5. The lowest BCUT2D eigenvalue weighted by Crippen LogP contribution is -2.57. The molecular weight excluding hydrogens is 676 g/mol. The van der Waals surface area contributed by atoms with E-state index >= 15 is 0 Å². The van der Waals surface area contributed by atoms with Crippen molar-refractivity contribution in [2.24, 2.45) is 0 Å². The van der Waals surface area contributed by atoms with Gasteiger partial charge in [0.15, 0.2) is 11.6 Å². The fourth-order valence-electron chi connectivity index (χ4n) is 7.02. The van der Waals surface area contributed by atoms with Crippen molar-refractivity contribution in [2.45, 2.75) is 76.5 Å². The van der Waals surface area contributed by atoms with Gasteiger partial charge in [-0.2, -0.15) is 9.97 Å². The van der Waals surface area contributed by atoms with Crippen molar-refractivity contribution in [2.75, 3.05) is 60.1 Å². The molecule has 17 heteroatoms. The van der Waals surface area contributed by atoms with Gasteiger partial charge < -0.3 is 34.1 Å². The van der Waals surface area contributed by atoms with Gasteiger partial charge >= 0.3 is 0 Å². The van der Waals surface area contributed by atoms with Gasteiger partial charge in [-0.1, -0.05) is 13.8 Å². The van der Waals surface area contributed by atoms with E-state index in [2.05, 4.69) is 39.7 Å². The molecule has 8 heterocycles. The van der Waals surface area contributed by atoms with Crippen molar-refractivity contribution >= 4 is 46.4 Å². The summed E-state index contributed by atoms with van der Waals surface area (Å²) in [5, 5.41) is 0.211. The molecule has 272 valence electrons. The lowest BCUT2D eigenvalue weighted by atomic mass is 9.99. The zero-order chi connectivity index (χ0) is 35.9. The molecule has 0 aliphatic carbocycles.